The van der Waals surface area contributed by atoms with Crippen molar-refractivity contribution in [3.05, 3.63) is 35.4 Å². The van der Waals surface area contributed by atoms with E-state index >= 15 is 0 Å². The molecule has 0 heterocycles. The molecule has 0 spiro atoms. The Labute approximate surface area is 111 Å². The van der Waals surface area contributed by atoms with Gasteiger partial charge in [0.1, 0.15) is 0 Å². The molecular formula is C16H25NO. The van der Waals surface area contributed by atoms with Gasteiger partial charge in [-0.15, -0.1) is 0 Å². The maximum absolute atomic E-state index is 12.1. The molecule has 0 aromatic heterocycles. The third kappa shape index (κ3) is 4.26. The molecule has 1 aromatic rings. The summed E-state index contributed by atoms with van der Waals surface area (Å²) in [7, 11) is 0. The Kier molecular flexibility index (Phi) is 6.06. The molecule has 0 amide bonds. The van der Waals surface area contributed by atoms with Crippen molar-refractivity contribution in [1.29, 1.82) is 0 Å². The summed E-state index contributed by atoms with van der Waals surface area (Å²) in [5.74, 6) is 0.216. The molecule has 100 valence electrons. The van der Waals surface area contributed by atoms with Crippen LogP contribution in [0, 0.1) is 0 Å². The van der Waals surface area contributed by atoms with Crippen LogP contribution in [0.4, 0.5) is 0 Å². The maximum Gasteiger partial charge on any atom is 0.176 e. The van der Waals surface area contributed by atoms with Crippen LogP contribution in [0.1, 0.15) is 50.0 Å². The highest BCUT2D eigenvalue weighted by Gasteiger charge is 2.13. The van der Waals surface area contributed by atoms with Gasteiger partial charge in [0, 0.05) is 11.6 Å². The van der Waals surface area contributed by atoms with Gasteiger partial charge in [-0.05, 0) is 32.4 Å². The zero-order valence-corrected chi connectivity index (χ0v) is 12.1. The van der Waals surface area contributed by atoms with Crippen LogP contribution in [0.15, 0.2) is 24.3 Å². The first-order valence-corrected chi connectivity index (χ1v) is 6.94. The van der Waals surface area contributed by atoms with Crippen molar-refractivity contribution >= 4 is 5.78 Å². The van der Waals surface area contributed by atoms with Gasteiger partial charge in [-0.1, -0.05) is 44.5 Å². The molecule has 0 aliphatic heterocycles. The van der Waals surface area contributed by atoms with E-state index < -0.39 is 0 Å². The van der Waals surface area contributed by atoms with Gasteiger partial charge in [-0.25, -0.2) is 0 Å². The maximum atomic E-state index is 12.1. The van der Waals surface area contributed by atoms with Crippen LogP contribution in [-0.2, 0) is 6.42 Å². The van der Waals surface area contributed by atoms with E-state index in [0.717, 1.165) is 24.9 Å². The molecule has 1 aromatic carbocycles. The van der Waals surface area contributed by atoms with Crippen molar-refractivity contribution in [3.8, 4) is 0 Å². The summed E-state index contributed by atoms with van der Waals surface area (Å²) >= 11 is 0. The second-order valence-corrected chi connectivity index (χ2v) is 5.03. The lowest BCUT2D eigenvalue weighted by Gasteiger charge is -2.23. The van der Waals surface area contributed by atoms with E-state index in [-0.39, 0.29) is 5.78 Å². The number of carbonyl (C=O) groups is 1. The molecule has 0 atom stereocenters. The Morgan fingerprint density at radius 3 is 2.22 bits per heavy atom. The topological polar surface area (TPSA) is 20.3 Å². The van der Waals surface area contributed by atoms with Crippen LogP contribution >= 0.6 is 0 Å². The molecule has 2 nitrogen and oxygen atoms in total. The van der Waals surface area contributed by atoms with Gasteiger partial charge in [0.2, 0.25) is 0 Å². The fourth-order valence-corrected chi connectivity index (χ4v) is 2.08. The number of rotatable bonds is 7. The van der Waals surface area contributed by atoms with E-state index in [1.54, 1.807) is 0 Å². The van der Waals surface area contributed by atoms with Crippen LogP contribution in [0.3, 0.4) is 0 Å². The van der Waals surface area contributed by atoms with Crippen LogP contribution in [0.25, 0.3) is 0 Å². The van der Waals surface area contributed by atoms with E-state index in [1.807, 2.05) is 12.1 Å². The second-order valence-electron chi connectivity index (χ2n) is 5.03. The van der Waals surface area contributed by atoms with Gasteiger partial charge in [-0.3, -0.25) is 9.69 Å². The van der Waals surface area contributed by atoms with Gasteiger partial charge in [0.05, 0.1) is 6.54 Å². The normalized spacial score (nSPS) is 11.2. The van der Waals surface area contributed by atoms with Crippen molar-refractivity contribution in [2.45, 2.75) is 46.6 Å². The smallest absolute Gasteiger partial charge is 0.176 e. The average Bonchev–Trinajstić information content (AvgIpc) is 2.36. The number of nitrogens with zero attached hydrogens (tertiary/aromatic N) is 1. The van der Waals surface area contributed by atoms with E-state index in [0.29, 0.717) is 12.6 Å². The second kappa shape index (κ2) is 7.32. The first-order chi connectivity index (χ1) is 8.58. The number of hydrogen-bond donors (Lipinski definition) is 0. The highest BCUT2D eigenvalue weighted by molar-refractivity contribution is 5.97. The number of Topliss-reactive ketones (excluding diaryl/α,β-unsaturated/α-hetero) is 1. The van der Waals surface area contributed by atoms with Crippen molar-refractivity contribution in [3.63, 3.8) is 0 Å². The molecule has 0 aliphatic carbocycles. The Balaban J connectivity index is 2.66. The van der Waals surface area contributed by atoms with Crippen molar-refractivity contribution in [2.75, 3.05) is 13.1 Å². The predicted molar refractivity (Wildman–Crippen MR) is 77.2 cm³/mol. The molecule has 2 heteroatoms. The lowest BCUT2D eigenvalue weighted by atomic mass is 10.0. The molecule has 0 unspecified atom stereocenters. The third-order valence-electron chi connectivity index (χ3n) is 3.30. The van der Waals surface area contributed by atoms with Crippen LogP contribution in [0.5, 0.6) is 0 Å². The zero-order chi connectivity index (χ0) is 13.5. The summed E-state index contributed by atoms with van der Waals surface area (Å²) in [5.41, 5.74) is 2.14. The number of benzene rings is 1. The number of carbonyl (C=O) groups excluding carboxylic acids is 1. The summed E-state index contributed by atoms with van der Waals surface area (Å²) in [6, 6.07) is 8.48. The minimum atomic E-state index is 0.216. The van der Waals surface area contributed by atoms with Gasteiger partial charge < -0.3 is 0 Å². The predicted octanol–water partition coefficient (Wildman–Crippen LogP) is 3.55. The average molecular weight is 247 g/mol. The van der Waals surface area contributed by atoms with Gasteiger partial charge >= 0.3 is 0 Å². The van der Waals surface area contributed by atoms with Gasteiger partial charge in [0.25, 0.3) is 0 Å². The van der Waals surface area contributed by atoms with Crippen LogP contribution in [-0.4, -0.2) is 29.8 Å². The molecule has 0 aliphatic rings. The summed E-state index contributed by atoms with van der Waals surface area (Å²) in [4.78, 5) is 14.3. The number of hydrogen-bond acceptors (Lipinski definition) is 2. The van der Waals surface area contributed by atoms with Gasteiger partial charge in [0.15, 0.2) is 5.78 Å². The number of aryl methyl sites for hydroxylation is 1. The van der Waals surface area contributed by atoms with Crippen LogP contribution in [0.2, 0.25) is 0 Å². The Hall–Kier alpha value is -1.15. The fourth-order valence-electron chi connectivity index (χ4n) is 2.08. The SMILES string of the molecule is CCCc1ccc(C(=O)CN(CC)C(C)C)cc1. The zero-order valence-electron chi connectivity index (χ0n) is 12.1. The number of ketones is 1. The summed E-state index contributed by atoms with van der Waals surface area (Å²) in [5, 5.41) is 0. The van der Waals surface area contributed by atoms with Crippen LogP contribution < -0.4 is 0 Å². The monoisotopic (exact) mass is 247 g/mol. The first kappa shape index (κ1) is 14.9. The Bertz CT molecular complexity index is 367. The highest BCUT2D eigenvalue weighted by atomic mass is 16.1. The third-order valence-corrected chi connectivity index (χ3v) is 3.30. The molecule has 0 fully saturated rings. The summed E-state index contributed by atoms with van der Waals surface area (Å²) in [6.45, 7) is 9.94. The van der Waals surface area contributed by atoms with E-state index in [2.05, 4.69) is 44.7 Å². The van der Waals surface area contributed by atoms with Crippen molar-refractivity contribution in [2.24, 2.45) is 0 Å². The molecule has 1 rings (SSSR count). The summed E-state index contributed by atoms with van der Waals surface area (Å²) < 4.78 is 0. The minimum Gasteiger partial charge on any atom is -0.294 e. The van der Waals surface area contributed by atoms with E-state index in [4.69, 9.17) is 0 Å². The number of likely N-dealkylation sites (N-methyl/N-ethyl adjacent to an activating group) is 1. The molecule has 0 radical (unpaired) electrons. The Morgan fingerprint density at radius 1 is 1.17 bits per heavy atom. The highest BCUT2D eigenvalue weighted by Crippen LogP contribution is 2.09. The lowest BCUT2D eigenvalue weighted by Crippen LogP contribution is -2.35. The largest absolute Gasteiger partial charge is 0.294 e. The van der Waals surface area contributed by atoms with E-state index in [9.17, 15) is 4.79 Å². The summed E-state index contributed by atoms with van der Waals surface area (Å²) in [6.07, 6.45) is 2.23. The minimum absolute atomic E-state index is 0.216. The molecule has 0 N–H and O–H groups in total. The van der Waals surface area contributed by atoms with Crippen molar-refractivity contribution < 1.29 is 4.79 Å². The van der Waals surface area contributed by atoms with Gasteiger partial charge in [-0.2, -0.15) is 0 Å². The van der Waals surface area contributed by atoms with E-state index in [1.165, 1.54) is 5.56 Å². The lowest BCUT2D eigenvalue weighted by molar-refractivity contribution is 0.0911. The molecule has 18 heavy (non-hydrogen) atoms. The molecule has 0 saturated heterocycles. The fraction of sp³-hybridized carbons (Fsp3) is 0.562. The van der Waals surface area contributed by atoms with Crippen molar-refractivity contribution in [1.82, 2.24) is 4.90 Å². The first-order valence-electron chi connectivity index (χ1n) is 6.94. The molecule has 0 bridgehead atoms. The molecule has 0 saturated carbocycles. The Morgan fingerprint density at radius 2 is 1.78 bits per heavy atom. The molecular weight excluding hydrogens is 222 g/mol. The quantitative estimate of drug-likeness (QED) is 0.687. The standard InChI is InChI=1S/C16H25NO/c1-5-7-14-8-10-15(11-9-14)16(18)12-17(6-2)13(3)4/h8-11,13H,5-7,12H2,1-4H3.